The molecular formula is C14H15ClN2O4. The Labute approximate surface area is 127 Å². The second-order valence-electron chi connectivity index (χ2n) is 4.96. The van der Waals surface area contributed by atoms with E-state index in [1.165, 1.54) is 6.07 Å². The van der Waals surface area contributed by atoms with Gasteiger partial charge in [0.15, 0.2) is 11.5 Å². The molecule has 2 heterocycles. The Kier molecular flexibility index (Phi) is 3.88. The van der Waals surface area contributed by atoms with Gasteiger partial charge in [0.05, 0.1) is 11.6 Å². The van der Waals surface area contributed by atoms with E-state index in [-0.39, 0.29) is 25.2 Å². The Balaban J connectivity index is 1.63. The van der Waals surface area contributed by atoms with Gasteiger partial charge in [-0.3, -0.25) is 9.59 Å². The van der Waals surface area contributed by atoms with Crippen molar-refractivity contribution in [2.24, 2.45) is 0 Å². The molecule has 0 aromatic heterocycles. The average molecular weight is 311 g/mol. The van der Waals surface area contributed by atoms with E-state index in [9.17, 15) is 9.59 Å². The average Bonchev–Trinajstić information content (AvgIpc) is 3.14. The Morgan fingerprint density at radius 1 is 1.24 bits per heavy atom. The van der Waals surface area contributed by atoms with Gasteiger partial charge in [0.25, 0.3) is 5.91 Å². The standard InChI is InChI=1S/C14H15ClN2O4/c15-10-5-9(6-11-13(10)21-8-20-11)14(19)16-7-12(18)17-3-1-2-4-17/h5-6H,1-4,7-8H2,(H,16,19). The Bertz CT molecular complexity index is 585. The van der Waals surface area contributed by atoms with Crippen LogP contribution in [-0.4, -0.2) is 43.1 Å². The molecule has 21 heavy (non-hydrogen) atoms. The molecule has 6 nitrogen and oxygen atoms in total. The van der Waals surface area contributed by atoms with Crippen LogP contribution < -0.4 is 14.8 Å². The summed E-state index contributed by atoms with van der Waals surface area (Å²) >= 11 is 6.03. The van der Waals surface area contributed by atoms with Crippen LogP contribution >= 0.6 is 11.6 Å². The topological polar surface area (TPSA) is 67.9 Å². The van der Waals surface area contributed by atoms with E-state index in [0.717, 1.165) is 25.9 Å². The predicted octanol–water partition coefficient (Wildman–Crippen LogP) is 1.42. The minimum Gasteiger partial charge on any atom is -0.454 e. The van der Waals surface area contributed by atoms with Gasteiger partial charge in [-0.2, -0.15) is 0 Å². The summed E-state index contributed by atoms with van der Waals surface area (Å²) in [5.41, 5.74) is 0.346. The summed E-state index contributed by atoms with van der Waals surface area (Å²) in [6.07, 6.45) is 2.05. The van der Waals surface area contributed by atoms with Crippen molar-refractivity contribution in [1.29, 1.82) is 0 Å². The fourth-order valence-electron chi connectivity index (χ4n) is 2.43. The highest BCUT2D eigenvalue weighted by atomic mass is 35.5. The maximum absolute atomic E-state index is 12.1. The minimum atomic E-state index is -0.359. The highest BCUT2D eigenvalue weighted by molar-refractivity contribution is 6.32. The summed E-state index contributed by atoms with van der Waals surface area (Å²) in [5.74, 6) is 0.468. The molecule has 2 amide bonds. The molecule has 1 N–H and O–H groups in total. The molecule has 1 aromatic rings. The molecule has 3 rings (SSSR count). The molecule has 2 aliphatic rings. The summed E-state index contributed by atoms with van der Waals surface area (Å²) in [6, 6.07) is 3.06. The van der Waals surface area contributed by atoms with E-state index in [4.69, 9.17) is 21.1 Å². The summed E-state index contributed by atoms with van der Waals surface area (Å²) in [5, 5.41) is 2.93. The molecule has 1 aromatic carbocycles. The molecule has 1 saturated heterocycles. The van der Waals surface area contributed by atoms with E-state index >= 15 is 0 Å². The number of halogens is 1. The summed E-state index contributed by atoms with van der Waals surface area (Å²) in [7, 11) is 0. The molecule has 0 spiro atoms. The van der Waals surface area contributed by atoms with Crippen molar-refractivity contribution in [3.8, 4) is 11.5 Å². The van der Waals surface area contributed by atoms with E-state index < -0.39 is 0 Å². The van der Waals surface area contributed by atoms with Crippen molar-refractivity contribution in [1.82, 2.24) is 10.2 Å². The van der Waals surface area contributed by atoms with E-state index in [1.54, 1.807) is 11.0 Å². The number of nitrogens with zero attached hydrogens (tertiary/aromatic N) is 1. The zero-order valence-corrected chi connectivity index (χ0v) is 12.1. The lowest BCUT2D eigenvalue weighted by Crippen LogP contribution is -2.38. The molecule has 1 fully saturated rings. The van der Waals surface area contributed by atoms with Crippen LogP contribution in [-0.2, 0) is 4.79 Å². The molecule has 0 bridgehead atoms. The monoisotopic (exact) mass is 310 g/mol. The number of hydrogen-bond donors (Lipinski definition) is 1. The summed E-state index contributed by atoms with van der Waals surface area (Å²) < 4.78 is 10.4. The first-order chi connectivity index (χ1) is 10.1. The number of ether oxygens (including phenoxy) is 2. The van der Waals surface area contributed by atoms with E-state index in [2.05, 4.69) is 5.32 Å². The molecule has 7 heteroatoms. The first-order valence-corrected chi connectivity index (χ1v) is 7.18. The van der Waals surface area contributed by atoms with Crippen LogP contribution in [0, 0.1) is 0 Å². The Morgan fingerprint density at radius 3 is 2.76 bits per heavy atom. The van der Waals surface area contributed by atoms with Crippen LogP contribution in [0.25, 0.3) is 0 Å². The largest absolute Gasteiger partial charge is 0.454 e. The second kappa shape index (κ2) is 5.81. The first kappa shape index (κ1) is 14.0. The van der Waals surface area contributed by atoms with Crippen molar-refractivity contribution < 1.29 is 19.1 Å². The predicted molar refractivity (Wildman–Crippen MR) is 75.7 cm³/mol. The third-order valence-corrected chi connectivity index (χ3v) is 3.83. The fraction of sp³-hybridized carbons (Fsp3) is 0.429. The molecule has 0 aliphatic carbocycles. The van der Waals surface area contributed by atoms with Crippen molar-refractivity contribution >= 4 is 23.4 Å². The van der Waals surface area contributed by atoms with Crippen LogP contribution in [0.3, 0.4) is 0 Å². The number of hydrogen-bond acceptors (Lipinski definition) is 4. The number of amides is 2. The van der Waals surface area contributed by atoms with Gasteiger partial charge in [0, 0.05) is 18.7 Å². The fourth-order valence-corrected chi connectivity index (χ4v) is 2.70. The zero-order chi connectivity index (χ0) is 14.8. The van der Waals surface area contributed by atoms with Crippen LogP contribution in [0.4, 0.5) is 0 Å². The number of fused-ring (bicyclic) bond motifs is 1. The van der Waals surface area contributed by atoms with Crippen molar-refractivity contribution in [2.45, 2.75) is 12.8 Å². The van der Waals surface area contributed by atoms with Crippen molar-refractivity contribution in [2.75, 3.05) is 26.4 Å². The number of likely N-dealkylation sites (tertiary alicyclic amines) is 1. The van der Waals surface area contributed by atoms with Gasteiger partial charge < -0.3 is 19.7 Å². The highest BCUT2D eigenvalue weighted by Crippen LogP contribution is 2.39. The number of carbonyl (C=O) groups excluding carboxylic acids is 2. The number of carbonyl (C=O) groups is 2. The van der Waals surface area contributed by atoms with Gasteiger partial charge in [0.2, 0.25) is 12.7 Å². The number of rotatable bonds is 3. The Morgan fingerprint density at radius 2 is 2.00 bits per heavy atom. The van der Waals surface area contributed by atoms with Gasteiger partial charge in [-0.25, -0.2) is 0 Å². The molecule has 0 radical (unpaired) electrons. The Hall–Kier alpha value is -1.95. The number of nitrogens with one attached hydrogen (secondary N) is 1. The molecule has 112 valence electrons. The number of benzene rings is 1. The van der Waals surface area contributed by atoms with Crippen LogP contribution in [0.5, 0.6) is 11.5 Å². The van der Waals surface area contributed by atoms with E-state index in [1.807, 2.05) is 0 Å². The second-order valence-corrected chi connectivity index (χ2v) is 5.37. The molecule has 0 unspecified atom stereocenters. The summed E-state index contributed by atoms with van der Waals surface area (Å²) in [4.78, 5) is 25.7. The van der Waals surface area contributed by atoms with Crippen molar-refractivity contribution in [3.05, 3.63) is 22.7 Å². The normalized spacial score (nSPS) is 16.1. The van der Waals surface area contributed by atoms with Crippen LogP contribution in [0.2, 0.25) is 5.02 Å². The lowest BCUT2D eigenvalue weighted by Gasteiger charge is -2.15. The molecule has 0 saturated carbocycles. The van der Waals surface area contributed by atoms with Crippen molar-refractivity contribution in [3.63, 3.8) is 0 Å². The van der Waals surface area contributed by atoms with Gasteiger partial charge >= 0.3 is 0 Å². The van der Waals surface area contributed by atoms with Gasteiger partial charge in [-0.05, 0) is 25.0 Å². The molecule has 2 aliphatic heterocycles. The molecule has 0 atom stereocenters. The maximum Gasteiger partial charge on any atom is 0.251 e. The highest BCUT2D eigenvalue weighted by Gasteiger charge is 2.22. The van der Waals surface area contributed by atoms with Crippen LogP contribution in [0.1, 0.15) is 23.2 Å². The third-order valence-electron chi connectivity index (χ3n) is 3.55. The van der Waals surface area contributed by atoms with Gasteiger partial charge in [-0.15, -0.1) is 0 Å². The lowest BCUT2D eigenvalue weighted by molar-refractivity contribution is -0.129. The SMILES string of the molecule is O=C(NCC(=O)N1CCCC1)c1cc(Cl)c2c(c1)OCO2. The zero-order valence-electron chi connectivity index (χ0n) is 11.4. The lowest BCUT2D eigenvalue weighted by atomic mass is 10.2. The maximum atomic E-state index is 12.1. The smallest absolute Gasteiger partial charge is 0.251 e. The minimum absolute atomic E-state index is 0.00903. The third kappa shape index (κ3) is 2.90. The van der Waals surface area contributed by atoms with Gasteiger partial charge in [0.1, 0.15) is 0 Å². The summed E-state index contributed by atoms with van der Waals surface area (Å²) in [6.45, 7) is 1.62. The van der Waals surface area contributed by atoms with Gasteiger partial charge in [-0.1, -0.05) is 11.6 Å². The molecular weight excluding hydrogens is 296 g/mol. The van der Waals surface area contributed by atoms with Crippen LogP contribution in [0.15, 0.2) is 12.1 Å². The first-order valence-electron chi connectivity index (χ1n) is 6.80. The quantitative estimate of drug-likeness (QED) is 0.917. The van der Waals surface area contributed by atoms with E-state index in [0.29, 0.717) is 22.1 Å².